The average molecular weight is 499 g/mol. The number of hydrogen-bond acceptors (Lipinski definition) is 0. The van der Waals surface area contributed by atoms with E-state index in [4.69, 9.17) is 0 Å². The average Bonchev–Trinajstić information content (AvgIpc) is 2.86. The molecule has 3 aromatic rings. The van der Waals surface area contributed by atoms with Crippen LogP contribution < -0.4 is 0 Å². The highest BCUT2D eigenvalue weighted by atomic mass is 19.4. The summed E-state index contributed by atoms with van der Waals surface area (Å²) >= 11 is 0. The molecular weight excluding hydrogens is 467 g/mol. The molecule has 0 N–H and O–H groups in total. The Morgan fingerprint density at radius 3 is 2.31 bits per heavy atom. The molecule has 5 heteroatoms. The molecule has 4 rings (SSSR count). The van der Waals surface area contributed by atoms with Gasteiger partial charge in [-0.3, -0.25) is 0 Å². The zero-order valence-electron chi connectivity index (χ0n) is 20.5. The first-order valence-corrected chi connectivity index (χ1v) is 12.9. The molecule has 0 amide bonds. The summed E-state index contributed by atoms with van der Waals surface area (Å²) in [4.78, 5) is 0. The summed E-state index contributed by atoms with van der Waals surface area (Å²) in [6.45, 7) is 2.24. The topological polar surface area (TPSA) is 0 Å². The molecule has 0 unspecified atom stereocenters. The molecule has 0 aliphatic heterocycles. The largest absolute Gasteiger partial charge is 0.419 e. The van der Waals surface area contributed by atoms with Crippen molar-refractivity contribution in [3.8, 4) is 11.8 Å². The Balaban J connectivity index is 1.45. The standard InChI is InChI=1S/C31H31F5/c1-2-3-4-5-6-21-7-11-23(12-8-21)25-16-17-27-26(20-25)15-14-24(30(27)33)13-9-22-10-18-28(29(32)19-22)31(34,35)36/h10,14-21,23H,2-8,11-12H2,1H3. The maximum absolute atomic E-state index is 15.1. The summed E-state index contributed by atoms with van der Waals surface area (Å²) < 4.78 is 67.2. The van der Waals surface area contributed by atoms with Crippen molar-refractivity contribution in [2.45, 2.75) is 76.8 Å². The van der Waals surface area contributed by atoms with Gasteiger partial charge in [0.25, 0.3) is 0 Å². The Hall–Kier alpha value is -2.87. The lowest BCUT2D eigenvalue weighted by Crippen LogP contribution is -2.13. The van der Waals surface area contributed by atoms with Gasteiger partial charge in [0.1, 0.15) is 11.6 Å². The molecule has 190 valence electrons. The van der Waals surface area contributed by atoms with Gasteiger partial charge in [0.15, 0.2) is 0 Å². The molecule has 0 radical (unpaired) electrons. The van der Waals surface area contributed by atoms with Gasteiger partial charge < -0.3 is 0 Å². The van der Waals surface area contributed by atoms with E-state index in [0.717, 1.165) is 23.4 Å². The van der Waals surface area contributed by atoms with Gasteiger partial charge >= 0.3 is 6.18 Å². The van der Waals surface area contributed by atoms with Crippen molar-refractivity contribution >= 4 is 10.8 Å². The maximum atomic E-state index is 15.1. The Bertz CT molecular complexity index is 1250. The number of rotatable bonds is 6. The van der Waals surface area contributed by atoms with Gasteiger partial charge in [-0.15, -0.1) is 0 Å². The molecule has 0 saturated heterocycles. The van der Waals surface area contributed by atoms with Crippen LogP contribution in [0.25, 0.3) is 10.8 Å². The summed E-state index contributed by atoms with van der Waals surface area (Å²) in [7, 11) is 0. The van der Waals surface area contributed by atoms with Crippen molar-refractivity contribution < 1.29 is 22.0 Å². The summed E-state index contributed by atoms with van der Waals surface area (Å²) in [6.07, 6.45) is 6.65. The van der Waals surface area contributed by atoms with Crippen LogP contribution in [0.5, 0.6) is 0 Å². The first-order valence-electron chi connectivity index (χ1n) is 12.9. The quantitative estimate of drug-likeness (QED) is 0.180. The SMILES string of the molecule is CCCCCCC1CCC(c2ccc3c(F)c(C#Cc4ccc(C(F)(F)F)c(F)c4)ccc3c2)CC1. The first-order chi connectivity index (χ1) is 17.3. The first kappa shape index (κ1) is 26.2. The van der Waals surface area contributed by atoms with Crippen molar-refractivity contribution in [3.63, 3.8) is 0 Å². The zero-order valence-corrected chi connectivity index (χ0v) is 20.5. The van der Waals surface area contributed by atoms with Crippen molar-refractivity contribution in [2.24, 2.45) is 5.92 Å². The van der Waals surface area contributed by atoms with Gasteiger partial charge in [0.05, 0.1) is 11.1 Å². The molecule has 0 bridgehead atoms. The predicted molar refractivity (Wildman–Crippen MR) is 135 cm³/mol. The van der Waals surface area contributed by atoms with Crippen LogP contribution in [0.2, 0.25) is 0 Å². The molecule has 0 atom stereocenters. The van der Waals surface area contributed by atoms with Gasteiger partial charge in [-0.2, -0.15) is 13.2 Å². The zero-order chi connectivity index (χ0) is 25.7. The molecule has 1 aliphatic rings. The number of alkyl halides is 3. The van der Waals surface area contributed by atoms with Crippen LogP contribution >= 0.6 is 0 Å². The van der Waals surface area contributed by atoms with Crippen LogP contribution in [-0.4, -0.2) is 0 Å². The lowest BCUT2D eigenvalue weighted by atomic mass is 9.76. The van der Waals surface area contributed by atoms with E-state index in [2.05, 4.69) is 24.8 Å². The molecule has 1 saturated carbocycles. The Morgan fingerprint density at radius 1 is 0.833 bits per heavy atom. The van der Waals surface area contributed by atoms with E-state index in [1.165, 1.54) is 63.4 Å². The molecule has 36 heavy (non-hydrogen) atoms. The summed E-state index contributed by atoms with van der Waals surface area (Å²) in [6, 6.07) is 11.7. The van der Waals surface area contributed by atoms with E-state index in [0.29, 0.717) is 17.4 Å². The fraction of sp³-hybridized carbons (Fsp3) is 0.419. The number of hydrogen-bond donors (Lipinski definition) is 0. The predicted octanol–water partition coefficient (Wildman–Crippen LogP) is 9.78. The summed E-state index contributed by atoms with van der Waals surface area (Å²) in [5, 5.41) is 1.26. The summed E-state index contributed by atoms with van der Waals surface area (Å²) in [5.74, 6) is 4.67. The second kappa shape index (κ2) is 11.5. The number of halogens is 5. The molecule has 3 aromatic carbocycles. The number of benzene rings is 3. The van der Waals surface area contributed by atoms with Gasteiger partial charge in [-0.05, 0) is 72.7 Å². The van der Waals surface area contributed by atoms with Crippen molar-refractivity contribution in [1.29, 1.82) is 0 Å². The second-order valence-electron chi connectivity index (χ2n) is 9.92. The smallest absolute Gasteiger partial charge is 0.206 e. The Labute approximate surface area is 209 Å². The van der Waals surface area contributed by atoms with E-state index in [1.54, 1.807) is 12.1 Å². The van der Waals surface area contributed by atoms with Crippen LogP contribution in [0.15, 0.2) is 48.5 Å². The van der Waals surface area contributed by atoms with E-state index < -0.39 is 23.4 Å². The van der Waals surface area contributed by atoms with Crippen LogP contribution in [0.3, 0.4) is 0 Å². The minimum absolute atomic E-state index is 0.0521. The van der Waals surface area contributed by atoms with E-state index in [9.17, 15) is 17.6 Å². The fourth-order valence-corrected chi connectivity index (χ4v) is 5.27. The Morgan fingerprint density at radius 2 is 1.61 bits per heavy atom. The van der Waals surface area contributed by atoms with Crippen molar-refractivity contribution in [2.75, 3.05) is 0 Å². The van der Waals surface area contributed by atoms with E-state index in [1.807, 2.05) is 12.1 Å². The van der Waals surface area contributed by atoms with E-state index in [-0.39, 0.29) is 11.1 Å². The van der Waals surface area contributed by atoms with Crippen molar-refractivity contribution in [1.82, 2.24) is 0 Å². The molecule has 1 fully saturated rings. The lowest BCUT2D eigenvalue weighted by molar-refractivity contribution is -0.140. The molecule has 0 heterocycles. The molecule has 0 nitrogen and oxygen atoms in total. The maximum Gasteiger partial charge on any atom is 0.419 e. The third kappa shape index (κ3) is 6.27. The van der Waals surface area contributed by atoms with Crippen LogP contribution in [0, 0.1) is 29.4 Å². The molecule has 1 aliphatic carbocycles. The van der Waals surface area contributed by atoms with E-state index >= 15 is 4.39 Å². The van der Waals surface area contributed by atoms with Gasteiger partial charge in [0.2, 0.25) is 0 Å². The molecule has 0 aromatic heterocycles. The third-order valence-corrected chi connectivity index (χ3v) is 7.38. The minimum atomic E-state index is -4.77. The highest BCUT2D eigenvalue weighted by Gasteiger charge is 2.33. The van der Waals surface area contributed by atoms with Gasteiger partial charge in [0, 0.05) is 10.9 Å². The normalized spacial score (nSPS) is 18.2. The second-order valence-corrected chi connectivity index (χ2v) is 9.92. The fourth-order valence-electron chi connectivity index (χ4n) is 5.27. The number of fused-ring (bicyclic) bond motifs is 1. The summed E-state index contributed by atoms with van der Waals surface area (Å²) in [5.41, 5.74) is 0.0713. The lowest BCUT2D eigenvalue weighted by Gasteiger charge is -2.29. The van der Waals surface area contributed by atoms with Crippen LogP contribution in [0.1, 0.15) is 92.9 Å². The van der Waals surface area contributed by atoms with Crippen molar-refractivity contribution in [3.05, 3.63) is 82.4 Å². The molecular formula is C31H31F5. The highest BCUT2D eigenvalue weighted by molar-refractivity contribution is 5.85. The minimum Gasteiger partial charge on any atom is -0.206 e. The monoisotopic (exact) mass is 498 g/mol. The van der Waals surface area contributed by atoms with Gasteiger partial charge in [-0.1, -0.05) is 75.1 Å². The van der Waals surface area contributed by atoms with Gasteiger partial charge in [-0.25, -0.2) is 8.78 Å². The third-order valence-electron chi connectivity index (χ3n) is 7.38. The van der Waals surface area contributed by atoms with Crippen LogP contribution in [-0.2, 0) is 6.18 Å². The number of unbranched alkanes of at least 4 members (excludes halogenated alkanes) is 3. The highest BCUT2D eigenvalue weighted by Crippen LogP contribution is 2.39. The Kier molecular flexibility index (Phi) is 8.34. The van der Waals surface area contributed by atoms with Crippen LogP contribution in [0.4, 0.5) is 22.0 Å². The molecule has 0 spiro atoms.